The van der Waals surface area contributed by atoms with Crippen molar-refractivity contribution >= 4 is 50.9 Å². The van der Waals surface area contributed by atoms with Gasteiger partial charge in [-0.05, 0) is 13.0 Å². The summed E-state index contributed by atoms with van der Waals surface area (Å²) in [6.07, 6.45) is -0.862. The first-order chi connectivity index (χ1) is 13.2. The number of fused-ring (bicyclic) bond motifs is 2. The number of aliphatic hydroxyl groups excluding tert-OH is 1. The molecule has 0 radical (unpaired) electrons. The molecule has 1 amide bonds. The number of hydrogen-bond acceptors (Lipinski definition) is 8. The molecule has 1 aromatic carbocycles. The number of amides is 1. The number of benzene rings is 1. The average molecular weight is 421 g/mol. The van der Waals surface area contributed by atoms with E-state index in [1.807, 2.05) is 6.92 Å². The molecule has 9 nitrogen and oxygen atoms in total. The Balaban J connectivity index is 1.70. The summed E-state index contributed by atoms with van der Waals surface area (Å²) in [5.41, 5.74) is 0.471. The third-order valence-electron chi connectivity index (χ3n) is 5.07. The van der Waals surface area contributed by atoms with E-state index in [9.17, 15) is 29.9 Å². The Labute approximate surface area is 166 Å². The van der Waals surface area contributed by atoms with Crippen LogP contribution in [0.2, 0.25) is 0 Å². The van der Waals surface area contributed by atoms with E-state index in [1.54, 1.807) is 6.07 Å². The fourth-order valence-electron chi connectivity index (χ4n) is 3.80. The van der Waals surface area contributed by atoms with E-state index in [2.05, 4.69) is 4.98 Å². The summed E-state index contributed by atoms with van der Waals surface area (Å²) < 4.78 is 1.17. The molecule has 0 aliphatic carbocycles. The number of thioether (sulfide) groups is 1. The minimum atomic E-state index is -1.20. The minimum Gasteiger partial charge on any atom is -0.477 e. The first kappa shape index (κ1) is 18.8. The van der Waals surface area contributed by atoms with Gasteiger partial charge in [0.2, 0.25) is 5.91 Å². The Kier molecular flexibility index (Phi) is 4.40. The van der Waals surface area contributed by atoms with Crippen LogP contribution in [0.1, 0.15) is 13.8 Å². The van der Waals surface area contributed by atoms with Crippen LogP contribution in [0.3, 0.4) is 0 Å². The molecule has 28 heavy (non-hydrogen) atoms. The van der Waals surface area contributed by atoms with Crippen LogP contribution in [0.4, 0.5) is 5.69 Å². The maximum Gasteiger partial charge on any atom is 0.353 e. The largest absolute Gasteiger partial charge is 0.477 e. The van der Waals surface area contributed by atoms with E-state index in [1.165, 1.54) is 35.3 Å². The van der Waals surface area contributed by atoms with Gasteiger partial charge in [-0.15, -0.1) is 11.3 Å². The number of nitro groups is 1. The molecule has 2 aliphatic rings. The third-order valence-corrected chi connectivity index (χ3v) is 7.44. The van der Waals surface area contributed by atoms with Gasteiger partial charge in [0, 0.05) is 23.0 Å². The van der Waals surface area contributed by atoms with Gasteiger partial charge in [0.15, 0.2) is 4.34 Å². The van der Waals surface area contributed by atoms with Crippen molar-refractivity contribution in [3.8, 4) is 0 Å². The van der Waals surface area contributed by atoms with Gasteiger partial charge >= 0.3 is 5.97 Å². The van der Waals surface area contributed by atoms with E-state index in [0.29, 0.717) is 19.5 Å². The van der Waals surface area contributed by atoms with Crippen LogP contribution in [0.15, 0.2) is 33.1 Å². The van der Waals surface area contributed by atoms with Crippen molar-refractivity contribution in [3.63, 3.8) is 0 Å². The van der Waals surface area contributed by atoms with Crippen molar-refractivity contribution < 1.29 is 24.7 Å². The van der Waals surface area contributed by atoms with Crippen molar-refractivity contribution in [1.29, 1.82) is 0 Å². The molecule has 2 aliphatic heterocycles. The molecule has 4 rings (SSSR count). The fourth-order valence-corrected chi connectivity index (χ4v) is 6.18. The first-order valence-electron chi connectivity index (χ1n) is 8.42. The molecule has 4 atom stereocenters. The second kappa shape index (κ2) is 6.54. The Bertz CT molecular complexity index is 1060. The van der Waals surface area contributed by atoms with Gasteiger partial charge in [-0.2, -0.15) is 0 Å². The lowest BCUT2D eigenvalue weighted by Crippen LogP contribution is -2.63. The van der Waals surface area contributed by atoms with Gasteiger partial charge in [0.05, 0.1) is 33.2 Å². The fraction of sp³-hybridized carbons (Fsp3) is 0.353. The quantitative estimate of drug-likeness (QED) is 0.427. The second-order valence-corrected chi connectivity index (χ2v) is 9.08. The number of rotatable bonds is 5. The number of thiazole rings is 1. The normalized spacial score (nSPS) is 25.0. The minimum absolute atomic E-state index is 0.0399. The maximum atomic E-state index is 12.4. The number of non-ortho nitro benzene ring substituents is 1. The highest BCUT2D eigenvalue weighted by Crippen LogP contribution is 2.52. The van der Waals surface area contributed by atoms with Crippen molar-refractivity contribution in [2.75, 3.05) is 0 Å². The number of nitro benzene ring substituents is 1. The van der Waals surface area contributed by atoms with Crippen molar-refractivity contribution in [2.45, 2.75) is 30.3 Å². The number of aliphatic carboxylic acids is 1. The van der Waals surface area contributed by atoms with E-state index >= 15 is 0 Å². The SMILES string of the molecule is C[C@@H](O)[C@H]1C(=O)N2C(C(=O)O)=C(Sc3nc4ccc([N+](=O)[O-])cc4s3)[C@H](C)[C@H]12. The number of β-lactam (4-membered cyclic amide) rings is 1. The molecule has 2 aromatic rings. The van der Waals surface area contributed by atoms with E-state index in [-0.39, 0.29) is 23.2 Å². The van der Waals surface area contributed by atoms with Crippen molar-refractivity contribution in [3.05, 3.63) is 38.9 Å². The number of hydrogen-bond donors (Lipinski definition) is 2. The predicted octanol–water partition coefficient (Wildman–Crippen LogP) is 2.45. The molecule has 1 fully saturated rings. The van der Waals surface area contributed by atoms with Gasteiger partial charge in [-0.25, -0.2) is 9.78 Å². The zero-order valence-corrected chi connectivity index (χ0v) is 16.4. The Morgan fingerprint density at radius 3 is 2.79 bits per heavy atom. The predicted molar refractivity (Wildman–Crippen MR) is 102 cm³/mol. The van der Waals surface area contributed by atoms with Gasteiger partial charge in [0.25, 0.3) is 5.69 Å². The van der Waals surface area contributed by atoms with Crippen LogP contribution in [-0.4, -0.2) is 49.0 Å². The van der Waals surface area contributed by atoms with E-state index in [0.717, 1.165) is 11.8 Å². The zero-order valence-electron chi connectivity index (χ0n) is 14.7. The van der Waals surface area contributed by atoms with Gasteiger partial charge in [0.1, 0.15) is 5.70 Å². The van der Waals surface area contributed by atoms with E-state index < -0.39 is 29.0 Å². The standard InChI is InChI=1S/C17H15N3O6S2/c1-6-12-11(7(2)21)15(22)19(12)13(16(23)24)14(6)28-17-18-9-4-3-8(20(25)26)5-10(9)27-17/h3-7,11-12,21H,1-2H3,(H,23,24)/t6-,7-,11-,12-/m1/s1. The summed E-state index contributed by atoms with van der Waals surface area (Å²) in [5, 5.41) is 30.5. The Morgan fingerprint density at radius 1 is 1.46 bits per heavy atom. The Morgan fingerprint density at radius 2 is 2.18 bits per heavy atom. The molecule has 3 heterocycles. The highest BCUT2D eigenvalue weighted by molar-refractivity contribution is 8.04. The lowest BCUT2D eigenvalue weighted by Gasteiger charge is -2.46. The third kappa shape index (κ3) is 2.69. The summed E-state index contributed by atoms with van der Waals surface area (Å²) in [7, 11) is 0. The molecule has 146 valence electrons. The molecule has 11 heteroatoms. The molecule has 0 unspecified atom stereocenters. The number of aromatic nitrogens is 1. The Hall–Kier alpha value is -2.50. The molecular formula is C17H15N3O6S2. The zero-order chi connectivity index (χ0) is 20.3. The summed E-state index contributed by atoms with van der Waals surface area (Å²) >= 11 is 2.39. The van der Waals surface area contributed by atoms with Crippen LogP contribution in [0.25, 0.3) is 10.2 Å². The highest BCUT2D eigenvalue weighted by Gasteiger charge is 2.60. The summed E-state index contributed by atoms with van der Waals surface area (Å²) in [5.74, 6) is -2.49. The molecule has 1 saturated heterocycles. The van der Waals surface area contributed by atoms with Crippen LogP contribution >= 0.6 is 23.1 Å². The molecule has 1 aromatic heterocycles. The number of carboxylic acid groups (broad SMARTS) is 1. The molecule has 2 N–H and O–H groups in total. The number of carbonyl (C=O) groups excluding carboxylic acids is 1. The van der Waals surface area contributed by atoms with Crippen LogP contribution in [-0.2, 0) is 9.59 Å². The van der Waals surface area contributed by atoms with Gasteiger partial charge < -0.3 is 15.1 Å². The van der Waals surface area contributed by atoms with Crippen molar-refractivity contribution in [1.82, 2.24) is 9.88 Å². The smallest absolute Gasteiger partial charge is 0.353 e. The van der Waals surface area contributed by atoms with Crippen molar-refractivity contribution in [2.24, 2.45) is 11.8 Å². The number of carboxylic acids is 1. The van der Waals surface area contributed by atoms with E-state index in [4.69, 9.17) is 0 Å². The van der Waals surface area contributed by atoms with Gasteiger partial charge in [-0.3, -0.25) is 14.9 Å². The lowest BCUT2D eigenvalue weighted by atomic mass is 9.79. The molecule has 0 saturated carbocycles. The molecular weight excluding hydrogens is 406 g/mol. The highest BCUT2D eigenvalue weighted by atomic mass is 32.2. The molecule has 0 bridgehead atoms. The summed E-state index contributed by atoms with van der Waals surface area (Å²) in [6, 6.07) is 3.96. The van der Waals surface area contributed by atoms with Gasteiger partial charge in [-0.1, -0.05) is 18.7 Å². The monoisotopic (exact) mass is 421 g/mol. The number of carbonyl (C=O) groups is 2. The van der Waals surface area contributed by atoms with Crippen LogP contribution < -0.4 is 0 Å². The summed E-state index contributed by atoms with van der Waals surface area (Å²) in [6.45, 7) is 3.36. The van der Waals surface area contributed by atoms with Crippen LogP contribution in [0.5, 0.6) is 0 Å². The average Bonchev–Trinajstić information content (AvgIpc) is 3.11. The number of nitrogens with zero attached hydrogens (tertiary/aromatic N) is 3. The summed E-state index contributed by atoms with van der Waals surface area (Å²) in [4.78, 5) is 40.8. The second-order valence-electron chi connectivity index (χ2n) is 6.76. The topological polar surface area (TPSA) is 134 Å². The molecule has 0 spiro atoms. The maximum absolute atomic E-state index is 12.4. The number of aliphatic hydroxyl groups is 1. The van der Waals surface area contributed by atoms with Crippen LogP contribution in [0, 0.1) is 22.0 Å². The lowest BCUT2D eigenvalue weighted by molar-refractivity contribution is -0.384. The first-order valence-corrected chi connectivity index (χ1v) is 10.1.